The van der Waals surface area contributed by atoms with Crippen LogP contribution in [-0.4, -0.2) is 26.3 Å². The van der Waals surface area contributed by atoms with Crippen molar-refractivity contribution in [3.8, 4) is 17.2 Å². The van der Waals surface area contributed by atoms with Crippen molar-refractivity contribution in [2.45, 2.75) is 13.0 Å². The minimum atomic E-state index is -0.369. The number of carbonyl (C=O) groups is 1. The summed E-state index contributed by atoms with van der Waals surface area (Å²) in [5.74, 6) is 1.33. The van der Waals surface area contributed by atoms with E-state index in [1.807, 2.05) is 66.7 Å². The summed E-state index contributed by atoms with van der Waals surface area (Å²) in [5, 5.41) is 6.10. The van der Waals surface area contributed by atoms with Crippen LogP contribution in [-0.2, 0) is 13.0 Å². The molecule has 188 valence electrons. The van der Waals surface area contributed by atoms with E-state index in [1.54, 1.807) is 25.5 Å². The third-order valence-electron chi connectivity index (χ3n) is 5.73. The molecule has 1 amide bonds. The van der Waals surface area contributed by atoms with E-state index in [-0.39, 0.29) is 5.91 Å². The average Bonchev–Trinajstić information content (AvgIpc) is 2.92. The number of hydrazone groups is 1. The Hall–Kier alpha value is -4.10. The first kappa shape index (κ1) is 26.0. The molecule has 6 nitrogen and oxygen atoms in total. The lowest BCUT2D eigenvalue weighted by molar-refractivity contribution is 0.0952. The molecule has 0 spiro atoms. The Morgan fingerprint density at radius 1 is 0.973 bits per heavy atom. The number of benzene rings is 4. The molecule has 0 heterocycles. The maximum atomic E-state index is 12.9. The Bertz CT molecular complexity index is 1450. The summed E-state index contributed by atoms with van der Waals surface area (Å²) in [7, 11) is 3.13. The highest BCUT2D eigenvalue weighted by Gasteiger charge is 2.15. The molecule has 0 saturated heterocycles. The van der Waals surface area contributed by atoms with Gasteiger partial charge in [-0.05, 0) is 64.7 Å². The van der Waals surface area contributed by atoms with Gasteiger partial charge in [0.15, 0.2) is 11.5 Å². The summed E-state index contributed by atoms with van der Waals surface area (Å²) in [6.07, 6.45) is 3.95. The molecule has 1 N–H and O–H groups in total. The molecule has 0 radical (unpaired) electrons. The van der Waals surface area contributed by atoms with E-state index in [0.717, 1.165) is 31.9 Å². The first-order chi connectivity index (χ1) is 18.0. The van der Waals surface area contributed by atoms with E-state index in [1.165, 1.54) is 7.11 Å². The minimum absolute atomic E-state index is 0.369. The van der Waals surface area contributed by atoms with Crippen molar-refractivity contribution in [3.05, 3.63) is 112 Å². The Morgan fingerprint density at radius 3 is 2.35 bits per heavy atom. The van der Waals surface area contributed by atoms with Crippen LogP contribution in [0.15, 0.2) is 95.0 Å². The van der Waals surface area contributed by atoms with Gasteiger partial charge in [0.05, 0.1) is 26.0 Å². The van der Waals surface area contributed by atoms with Gasteiger partial charge in [-0.25, -0.2) is 5.43 Å². The molecule has 0 fully saturated rings. The number of hydrogen-bond acceptors (Lipinski definition) is 5. The van der Waals surface area contributed by atoms with Crippen molar-refractivity contribution in [2.75, 3.05) is 14.2 Å². The fourth-order valence-corrected chi connectivity index (χ4v) is 4.17. The second-order valence-corrected chi connectivity index (χ2v) is 9.13. The summed E-state index contributed by atoms with van der Waals surface area (Å²) in [6.45, 7) is 4.26. The largest absolute Gasteiger partial charge is 0.496 e. The van der Waals surface area contributed by atoms with Gasteiger partial charge in [-0.2, -0.15) is 5.10 Å². The van der Waals surface area contributed by atoms with E-state index in [4.69, 9.17) is 14.2 Å². The highest BCUT2D eigenvalue weighted by molar-refractivity contribution is 9.10. The van der Waals surface area contributed by atoms with Crippen LogP contribution < -0.4 is 19.6 Å². The number of nitrogens with one attached hydrogen (secondary N) is 1. The first-order valence-electron chi connectivity index (χ1n) is 11.6. The molecule has 0 aliphatic carbocycles. The lowest BCUT2D eigenvalue weighted by Gasteiger charge is -2.16. The summed E-state index contributed by atoms with van der Waals surface area (Å²) in [4.78, 5) is 12.9. The van der Waals surface area contributed by atoms with Gasteiger partial charge in [0.2, 0.25) is 0 Å². The number of carbonyl (C=O) groups excluding carboxylic acids is 1. The van der Waals surface area contributed by atoms with Crippen LogP contribution in [0.1, 0.15) is 27.0 Å². The fourth-order valence-electron chi connectivity index (χ4n) is 3.91. The zero-order chi connectivity index (χ0) is 26.2. The smallest absolute Gasteiger partial charge is 0.275 e. The van der Waals surface area contributed by atoms with Gasteiger partial charge in [0, 0.05) is 10.0 Å². The van der Waals surface area contributed by atoms with Gasteiger partial charge in [-0.3, -0.25) is 4.79 Å². The Labute approximate surface area is 224 Å². The van der Waals surface area contributed by atoms with Gasteiger partial charge in [-0.15, -0.1) is 6.58 Å². The van der Waals surface area contributed by atoms with Crippen LogP contribution in [0.4, 0.5) is 0 Å². The van der Waals surface area contributed by atoms with Crippen LogP contribution in [0.5, 0.6) is 17.2 Å². The first-order valence-corrected chi connectivity index (χ1v) is 12.4. The number of fused-ring (bicyclic) bond motifs is 1. The molecule has 0 atom stereocenters. The maximum absolute atomic E-state index is 12.9. The number of methoxy groups -OCH3 is 2. The van der Waals surface area contributed by atoms with E-state index in [0.29, 0.717) is 35.8 Å². The monoisotopic (exact) mass is 558 g/mol. The number of rotatable bonds is 10. The van der Waals surface area contributed by atoms with Crippen LogP contribution in [0.25, 0.3) is 10.8 Å². The van der Waals surface area contributed by atoms with Gasteiger partial charge >= 0.3 is 0 Å². The summed E-state index contributed by atoms with van der Waals surface area (Å²) in [6, 6.07) is 23.1. The van der Waals surface area contributed by atoms with Gasteiger partial charge in [0.1, 0.15) is 12.4 Å². The molecule has 0 saturated carbocycles. The van der Waals surface area contributed by atoms with Crippen LogP contribution in [0, 0.1) is 0 Å². The van der Waals surface area contributed by atoms with Gasteiger partial charge < -0.3 is 14.2 Å². The third-order valence-corrected chi connectivity index (χ3v) is 6.26. The number of hydrogen-bond donors (Lipinski definition) is 1. The van der Waals surface area contributed by atoms with Crippen molar-refractivity contribution in [2.24, 2.45) is 5.10 Å². The molecular weight excluding hydrogens is 532 g/mol. The molecule has 4 aromatic rings. The average molecular weight is 559 g/mol. The standard InChI is InChI=1S/C30H27BrN2O4/c1-4-7-24-14-21(15-28(36-3)29(24)37-19-20-10-12-25(31)13-11-20)18-32-33-30(34)26-16-22-8-5-6-9-23(22)17-27(26)35-2/h4-6,8-18H,1,7,19H2,2-3H3,(H,33,34)/b32-18-. The highest BCUT2D eigenvalue weighted by atomic mass is 79.9. The zero-order valence-electron chi connectivity index (χ0n) is 20.7. The topological polar surface area (TPSA) is 69.2 Å². The van der Waals surface area contributed by atoms with Crippen LogP contribution in [0.2, 0.25) is 0 Å². The normalized spacial score (nSPS) is 10.9. The number of nitrogens with zero attached hydrogens (tertiary/aromatic N) is 1. The fraction of sp³-hybridized carbons (Fsp3) is 0.133. The molecule has 0 aliphatic heterocycles. The molecule has 7 heteroatoms. The molecule has 37 heavy (non-hydrogen) atoms. The lowest BCUT2D eigenvalue weighted by atomic mass is 10.1. The molecule has 0 bridgehead atoms. The second-order valence-electron chi connectivity index (χ2n) is 8.22. The number of amides is 1. The molecule has 4 rings (SSSR count). The SMILES string of the molecule is C=CCc1cc(/C=N\NC(=O)c2cc3ccccc3cc2OC)cc(OC)c1OCc1ccc(Br)cc1. The van der Waals surface area contributed by atoms with Crippen LogP contribution in [0.3, 0.4) is 0 Å². The molecule has 4 aromatic carbocycles. The molecular formula is C30H27BrN2O4. The maximum Gasteiger partial charge on any atom is 0.275 e. The predicted octanol–water partition coefficient (Wildman–Crippen LogP) is 6.69. The Kier molecular flexibility index (Phi) is 8.59. The van der Waals surface area contributed by atoms with Crippen molar-refractivity contribution in [1.29, 1.82) is 0 Å². The number of allylic oxidation sites excluding steroid dienone is 1. The Morgan fingerprint density at radius 2 is 1.68 bits per heavy atom. The van der Waals surface area contributed by atoms with Crippen LogP contribution >= 0.6 is 15.9 Å². The van der Waals surface area contributed by atoms with Crippen molar-refractivity contribution in [1.82, 2.24) is 5.43 Å². The highest BCUT2D eigenvalue weighted by Crippen LogP contribution is 2.34. The summed E-state index contributed by atoms with van der Waals surface area (Å²) < 4.78 is 18.2. The van der Waals surface area contributed by atoms with Gasteiger partial charge in [-0.1, -0.05) is 58.4 Å². The third kappa shape index (κ3) is 6.37. The zero-order valence-corrected chi connectivity index (χ0v) is 22.2. The quantitative estimate of drug-likeness (QED) is 0.134. The predicted molar refractivity (Wildman–Crippen MR) is 151 cm³/mol. The Balaban J connectivity index is 1.53. The molecule has 0 aromatic heterocycles. The number of halogens is 1. The second kappa shape index (κ2) is 12.2. The van der Waals surface area contributed by atoms with E-state index in [2.05, 4.69) is 33.0 Å². The van der Waals surface area contributed by atoms with Crippen molar-refractivity contribution in [3.63, 3.8) is 0 Å². The van der Waals surface area contributed by atoms with E-state index < -0.39 is 0 Å². The summed E-state index contributed by atoms with van der Waals surface area (Å²) in [5.41, 5.74) is 5.68. The molecule has 0 unspecified atom stereocenters. The van der Waals surface area contributed by atoms with E-state index >= 15 is 0 Å². The number of ether oxygens (including phenoxy) is 3. The van der Waals surface area contributed by atoms with Crippen molar-refractivity contribution < 1.29 is 19.0 Å². The minimum Gasteiger partial charge on any atom is -0.496 e. The van der Waals surface area contributed by atoms with Gasteiger partial charge in [0.25, 0.3) is 5.91 Å². The lowest BCUT2D eigenvalue weighted by Crippen LogP contribution is -2.18. The van der Waals surface area contributed by atoms with Crippen molar-refractivity contribution >= 4 is 38.8 Å². The molecule has 0 aliphatic rings. The van der Waals surface area contributed by atoms with E-state index in [9.17, 15) is 4.79 Å². The summed E-state index contributed by atoms with van der Waals surface area (Å²) >= 11 is 3.45.